The number of thiazole rings is 1. The van der Waals surface area contributed by atoms with Crippen LogP contribution in [0.2, 0.25) is 0 Å². The van der Waals surface area contributed by atoms with Gasteiger partial charge in [0, 0.05) is 17.8 Å². The van der Waals surface area contributed by atoms with Crippen LogP contribution in [-0.4, -0.2) is 15.8 Å². The number of pyridine rings is 1. The molecule has 3 nitrogen and oxygen atoms in total. The molecule has 0 N–H and O–H groups in total. The number of aromatic nitrogens is 2. The standard InChI is InChI=1S/C12H12N2OS/c1-8(15)12(10-4-3-5-13-6-10)11-7-16-9(2)14-11/h3-7,12H,1-2H3. The van der Waals surface area contributed by atoms with E-state index in [9.17, 15) is 4.79 Å². The van der Waals surface area contributed by atoms with Crippen LogP contribution >= 0.6 is 11.3 Å². The molecule has 16 heavy (non-hydrogen) atoms. The fourth-order valence-corrected chi connectivity index (χ4v) is 2.31. The van der Waals surface area contributed by atoms with Gasteiger partial charge in [-0.2, -0.15) is 0 Å². The molecule has 0 bridgehead atoms. The summed E-state index contributed by atoms with van der Waals surface area (Å²) in [7, 11) is 0. The van der Waals surface area contributed by atoms with Gasteiger partial charge in [0.25, 0.3) is 0 Å². The average Bonchev–Trinajstić information content (AvgIpc) is 2.66. The number of hydrogen-bond acceptors (Lipinski definition) is 4. The topological polar surface area (TPSA) is 42.9 Å². The Labute approximate surface area is 98.2 Å². The number of Topliss-reactive ketones (excluding diaryl/α,β-unsaturated/α-hetero) is 1. The van der Waals surface area contributed by atoms with Gasteiger partial charge in [-0.05, 0) is 25.5 Å². The molecular weight excluding hydrogens is 220 g/mol. The number of ketones is 1. The van der Waals surface area contributed by atoms with Gasteiger partial charge in [0.2, 0.25) is 0 Å². The van der Waals surface area contributed by atoms with E-state index in [1.807, 2.05) is 24.4 Å². The van der Waals surface area contributed by atoms with Gasteiger partial charge in [0.05, 0.1) is 16.6 Å². The minimum atomic E-state index is -0.279. The van der Waals surface area contributed by atoms with E-state index in [1.54, 1.807) is 30.7 Å². The minimum Gasteiger partial charge on any atom is -0.299 e. The summed E-state index contributed by atoms with van der Waals surface area (Å²) in [5.41, 5.74) is 1.73. The van der Waals surface area contributed by atoms with Crippen molar-refractivity contribution in [2.75, 3.05) is 0 Å². The number of rotatable bonds is 3. The predicted octanol–water partition coefficient (Wildman–Crippen LogP) is 2.57. The van der Waals surface area contributed by atoms with Crippen molar-refractivity contribution in [3.8, 4) is 0 Å². The van der Waals surface area contributed by atoms with Gasteiger partial charge in [0.1, 0.15) is 5.78 Å². The van der Waals surface area contributed by atoms with E-state index in [2.05, 4.69) is 9.97 Å². The highest BCUT2D eigenvalue weighted by Crippen LogP contribution is 2.25. The van der Waals surface area contributed by atoms with Crippen LogP contribution in [0.15, 0.2) is 29.9 Å². The van der Waals surface area contributed by atoms with E-state index in [4.69, 9.17) is 0 Å². The summed E-state index contributed by atoms with van der Waals surface area (Å²) in [5.74, 6) is -0.183. The molecule has 1 unspecified atom stereocenters. The van der Waals surface area contributed by atoms with Gasteiger partial charge in [-0.15, -0.1) is 11.3 Å². The second kappa shape index (κ2) is 4.53. The molecule has 0 spiro atoms. The molecule has 0 aromatic carbocycles. The summed E-state index contributed by atoms with van der Waals surface area (Å²) < 4.78 is 0. The maximum absolute atomic E-state index is 11.7. The lowest BCUT2D eigenvalue weighted by atomic mass is 9.94. The lowest BCUT2D eigenvalue weighted by molar-refractivity contribution is -0.117. The van der Waals surface area contributed by atoms with Crippen LogP contribution in [0.1, 0.15) is 29.1 Å². The van der Waals surface area contributed by atoms with Gasteiger partial charge in [-0.3, -0.25) is 9.78 Å². The Kier molecular flexibility index (Phi) is 3.10. The maximum atomic E-state index is 11.7. The van der Waals surface area contributed by atoms with Crippen molar-refractivity contribution < 1.29 is 4.79 Å². The second-order valence-corrected chi connectivity index (χ2v) is 4.68. The van der Waals surface area contributed by atoms with Gasteiger partial charge >= 0.3 is 0 Å². The zero-order chi connectivity index (χ0) is 11.5. The molecule has 1 atom stereocenters. The van der Waals surface area contributed by atoms with Crippen LogP contribution in [0.4, 0.5) is 0 Å². The lowest BCUT2D eigenvalue weighted by Crippen LogP contribution is -2.11. The van der Waals surface area contributed by atoms with Crippen molar-refractivity contribution in [2.45, 2.75) is 19.8 Å². The van der Waals surface area contributed by atoms with Gasteiger partial charge in [-0.1, -0.05) is 6.07 Å². The maximum Gasteiger partial charge on any atom is 0.143 e. The highest BCUT2D eigenvalue weighted by molar-refractivity contribution is 7.09. The third-order valence-electron chi connectivity index (χ3n) is 2.36. The third kappa shape index (κ3) is 2.17. The Morgan fingerprint density at radius 1 is 1.50 bits per heavy atom. The summed E-state index contributed by atoms with van der Waals surface area (Å²) in [6.45, 7) is 3.53. The summed E-state index contributed by atoms with van der Waals surface area (Å²) in [6, 6.07) is 3.75. The van der Waals surface area contributed by atoms with Crippen LogP contribution in [-0.2, 0) is 4.79 Å². The highest BCUT2D eigenvalue weighted by atomic mass is 32.1. The highest BCUT2D eigenvalue weighted by Gasteiger charge is 2.21. The molecule has 0 amide bonds. The SMILES string of the molecule is CC(=O)C(c1cccnc1)c1csc(C)n1. The van der Waals surface area contributed by atoms with Crippen LogP contribution in [0, 0.1) is 6.92 Å². The number of nitrogens with zero attached hydrogens (tertiary/aromatic N) is 2. The normalized spacial score (nSPS) is 12.4. The van der Waals surface area contributed by atoms with Crippen LogP contribution < -0.4 is 0 Å². The van der Waals surface area contributed by atoms with Crippen molar-refractivity contribution >= 4 is 17.1 Å². The monoisotopic (exact) mass is 232 g/mol. The Balaban J connectivity index is 2.43. The molecule has 0 aliphatic carbocycles. The van der Waals surface area contributed by atoms with Crippen molar-refractivity contribution in [3.63, 3.8) is 0 Å². The summed E-state index contributed by atoms with van der Waals surface area (Å²) >= 11 is 1.56. The van der Waals surface area contributed by atoms with E-state index >= 15 is 0 Å². The van der Waals surface area contributed by atoms with E-state index in [0.717, 1.165) is 16.3 Å². The molecular formula is C12H12N2OS. The van der Waals surface area contributed by atoms with Gasteiger partial charge < -0.3 is 0 Å². The molecule has 0 saturated heterocycles. The molecule has 2 aromatic heterocycles. The molecule has 0 fully saturated rings. The van der Waals surface area contributed by atoms with Gasteiger partial charge in [0.15, 0.2) is 0 Å². The molecule has 0 aliphatic heterocycles. The van der Waals surface area contributed by atoms with Crippen LogP contribution in [0.5, 0.6) is 0 Å². The second-order valence-electron chi connectivity index (χ2n) is 3.62. The molecule has 0 saturated carbocycles. The minimum absolute atomic E-state index is 0.0956. The Morgan fingerprint density at radius 3 is 2.81 bits per heavy atom. The first-order valence-electron chi connectivity index (χ1n) is 5.01. The number of carbonyl (C=O) groups excluding carboxylic acids is 1. The Bertz CT molecular complexity index is 493. The summed E-state index contributed by atoms with van der Waals surface area (Å²) in [4.78, 5) is 20.1. The van der Waals surface area contributed by atoms with E-state index in [0.29, 0.717) is 0 Å². The first-order valence-corrected chi connectivity index (χ1v) is 5.89. The van der Waals surface area contributed by atoms with E-state index in [-0.39, 0.29) is 11.7 Å². The molecule has 2 aromatic rings. The zero-order valence-electron chi connectivity index (χ0n) is 9.18. The fraction of sp³-hybridized carbons (Fsp3) is 0.250. The first-order chi connectivity index (χ1) is 7.68. The molecule has 0 aliphatic rings. The molecule has 82 valence electrons. The quantitative estimate of drug-likeness (QED) is 0.816. The van der Waals surface area contributed by atoms with Crippen molar-refractivity contribution in [1.29, 1.82) is 0 Å². The zero-order valence-corrected chi connectivity index (χ0v) is 9.99. The number of aryl methyl sites for hydroxylation is 1. The van der Waals surface area contributed by atoms with Gasteiger partial charge in [-0.25, -0.2) is 4.98 Å². The summed E-state index contributed by atoms with van der Waals surface area (Å²) in [5, 5.41) is 2.92. The summed E-state index contributed by atoms with van der Waals surface area (Å²) in [6.07, 6.45) is 3.42. The Morgan fingerprint density at radius 2 is 2.31 bits per heavy atom. The van der Waals surface area contributed by atoms with Crippen molar-refractivity contribution in [3.05, 3.63) is 46.2 Å². The molecule has 4 heteroatoms. The average molecular weight is 232 g/mol. The lowest BCUT2D eigenvalue weighted by Gasteiger charge is -2.10. The first kappa shape index (κ1) is 11.0. The van der Waals surface area contributed by atoms with Crippen LogP contribution in [0.25, 0.3) is 0 Å². The van der Waals surface area contributed by atoms with Crippen molar-refractivity contribution in [1.82, 2.24) is 9.97 Å². The molecule has 2 rings (SSSR count). The predicted molar refractivity (Wildman–Crippen MR) is 63.6 cm³/mol. The smallest absolute Gasteiger partial charge is 0.143 e. The number of carbonyl (C=O) groups is 1. The van der Waals surface area contributed by atoms with E-state index in [1.165, 1.54) is 0 Å². The van der Waals surface area contributed by atoms with E-state index < -0.39 is 0 Å². The fourth-order valence-electron chi connectivity index (χ4n) is 1.67. The molecule has 2 heterocycles. The van der Waals surface area contributed by atoms with Crippen LogP contribution in [0.3, 0.4) is 0 Å². The largest absolute Gasteiger partial charge is 0.299 e. The third-order valence-corrected chi connectivity index (χ3v) is 3.15. The van der Waals surface area contributed by atoms with Crippen molar-refractivity contribution in [2.24, 2.45) is 0 Å². The molecule has 0 radical (unpaired) electrons. The number of hydrogen-bond donors (Lipinski definition) is 0. The Hall–Kier alpha value is -1.55.